The molecule has 0 spiro atoms. The maximum Gasteiger partial charge on any atom is 0.162 e. The standard InChI is InChI=1S/C20H23BrN2O3/c1-24-17-4-2-3-16(12-17)23-7-5-22(6-8-23)14-15-11-19-20(13-18(15)21)26-10-9-25-19/h2-4,11-13H,5-10,14H2,1H3/p+1. The van der Waals surface area contributed by atoms with E-state index in [2.05, 4.69) is 45.1 Å². The van der Waals surface area contributed by atoms with Crippen LogP contribution in [0.15, 0.2) is 40.9 Å². The lowest BCUT2D eigenvalue weighted by Crippen LogP contribution is -3.13. The molecule has 0 unspecified atom stereocenters. The number of nitrogens with zero attached hydrogens (tertiary/aromatic N) is 1. The zero-order chi connectivity index (χ0) is 17.9. The molecule has 2 aromatic carbocycles. The fourth-order valence-corrected chi connectivity index (χ4v) is 4.04. The molecular weight excluding hydrogens is 396 g/mol. The average molecular weight is 420 g/mol. The number of ether oxygens (including phenoxy) is 3. The average Bonchev–Trinajstić information content (AvgIpc) is 2.69. The molecule has 0 atom stereocenters. The third-order valence-electron chi connectivity index (χ3n) is 5.04. The van der Waals surface area contributed by atoms with Gasteiger partial charge >= 0.3 is 0 Å². The Kier molecular flexibility index (Phi) is 5.22. The molecule has 2 aliphatic heterocycles. The zero-order valence-corrected chi connectivity index (χ0v) is 16.5. The lowest BCUT2D eigenvalue weighted by atomic mass is 10.1. The van der Waals surface area contributed by atoms with E-state index in [1.54, 1.807) is 12.0 Å². The van der Waals surface area contributed by atoms with Crippen molar-refractivity contribution in [2.24, 2.45) is 0 Å². The highest BCUT2D eigenvalue weighted by atomic mass is 79.9. The number of halogens is 1. The molecule has 6 heteroatoms. The van der Waals surface area contributed by atoms with Crippen LogP contribution in [0, 0.1) is 0 Å². The van der Waals surface area contributed by atoms with Crippen LogP contribution in [0.1, 0.15) is 5.56 Å². The zero-order valence-electron chi connectivity index (χ0n) is 15.0. The molecule has 2 aliphatic rings. The second kappa shape index (κ2) is 7.76. The van der Waals surface area contributed by atoms with Crippen molar-refractivity contribution in [2.45, 2.75) is 6.54 Å². The maximum atomic E-state index is 5.73. The Balaban J connectivity index is 1.39. The maximum absolute atomic E-state index is 5.73. The van der Waals surface area contributed by atoms with Gasteiger partial charge in [-0.05, 0) is 24.3 Å². The molecule has 26 heavy (non-hydrogen) atoms. The number of hydrogen-bond acceptors (Lipinski definition) is 4. The molecule has 0 amide bonds. The van der Waals surface area contributed by atoms with Gasteiger partial charge in [-0.3, -0.25) is 0 Å². The van der Waals surface area contributed by atoms with Crippen molar-refractivity contribution in [3.63, 3.8) is 0 Å². The summed E-state index contributed by atoms with van der Waals surface area (Å²) >= 11 is 3.69. The van der Waals surface area contributed by atoms with Gasteiger partial charge in [0.15, 0.2) is 11.5 Å². The summed E-state index contributed by atoms with van der Waals surface area (Å²) < 4.78 is 17.8. The number of methoxy groups -OCH3 is 1. The van der Waals surface area contributed by atoms with E-state index in [4.69, 9.17) is 14.2 Å². The van der Waals surface area contributed by atoms with Gasteiger partial charge in [0.2, 0.25) is 0 Å². The Morgan fingerprint density at radius 2 is 1.81 bits per heavy atom. The number of fused-ring (bicyclic) bond motifs is 1. The number of rotatable bonds is 4. The summed E-state index contributed by atoms with van der Waals surface area (Å²) in [6.07, 6.45) is 0. The lowest BCUT2D eigenvalue weighted by Gasteiger charge is -2.34. The number of piperazine rings is 1. The fourth-order valence-electron chi connectivity index (χ4n) is 3.58. The van der Waals surface area contributed by atoms with Gasteiger partial charge in [0.05, 0.1) is 33.3 Å². The summed E-state index contributed by atoms with van der Waals surface area (Å²) in [7, 11) is 1.71. The van der Waals surface area contributed by atoms with Crippen LogP contribution in [-0.4, -0.2) is 46.5 Å². The van der Waals surface area contributed by atoms with E-state index in [-0.39, 0.29) is 0 Å². The number of hydrogen-bond donors (Lipinski definition) is 1. The molecule has 2 aromatic rings. The van der Waals surface area contributed by atoms with Gasteiger partial charge in [-0.1, -0.05) is 22.0 Å². The molecule has 2 heterocycles. The van der Waals surface area contributed by atoms with Crippen LogP contribution in [0.3, 0.4) is 0 Å². The van der Waals surface area contributed by atoms with E-state index in [0.29, 0.717) is 13.2 Å². The summed E-state index contributed by atoms with van der Waals surface area (Å²) in [4.78, 5) is 4.02. The van der Waals surface area contributed by atoms with Crippen LogP contribution in [0.5, 0.6) is 17.2 Å². The van der Waals surface area contributed by atoms with Gasteiger partial charge in [-0.2, -0.15) is 0 Å². The number of quaternary nitrogens is 1. The quantitative estimate of drug-likeness (QED) is 0.823. The molecule has 0 aromatic heterocycles. The van der Waals surface area contributed by atoms with Crippen molar-refractivity contribution in [1.29, 1.82) is 0 Å². The highest BCUT2D eigenvalue weighted by molar-refractivity contribution is 9.10. The first-order chi connectivity index (χ1) is 12.7. The number of anilines is 1. The smallest absolute Gasteiger partial charge is 0.162 e. The van der Waals surface area contributed by atoms with Gasteiger partial charge < -0.3 is 24.0 Å². The molecule has 4 rings (SSSR count). The molecule has 0 aliphatic carbocycles. The monoisotopic (exact) mass is 419 g/mol. The topological polar surface area (TPSA) is 35.4 Å². The van der Waals surface area contributed by atoms with Gasteiger partial charge in [-0.25, -0.2) is 0 Å². The fraction of sp³-hybridized carbons (Fsp3) is 0.400. The van der Waals surface area contributed by atoms with Crippen molar-refractivity contribution in [3.05, 3.63) is 46.4 Å². The van der Waals surface area contributed by atoms with Crippen LogP contribution in [0.4, 0.5) is 5.69 Å². The van der Waals surface area contributed by atoms with Crippen molar-refractivity contribution in [3.8, 4) is 17.2 Å². The van der Waals surface area contributed by atoms with Crippen molar-refractivity contribution in [1.82, 2.24) is 0 Å². The third kappa shape index (κ3) is 3.76. The van der Waals surface area contributed by atoms with Gasteiger partial charge in [-0.15, -0.1) is 0 Å². The molecule has 1 fully saturated rings. The predicted molar refractivity (Wildman–Crippen MR) is 105 cm³/mol. The molecular formula is C20H24BrN2O3+. The Bertz CT molecular complexity index is 776. The normalized spacial score (nSPS) is 17.2. The molecule has 5 nitrogen and oxygen atoms in total. The van der Waals surface area contributed by atoms with E-state index in [9.17, 15) is 0 Å². The summed E-state index contributed by atoms with van der Waals surface area (Å²) in [6, 6.07) is 12.5. The Morgan fingerprint density at radius 1 is 1.08 bits per heavy atom. The predicted octanol–water partition coefficient (Wildman–Crippen LogP) is 2.13. The molecule has 1 saturated heterocycles. The minimum absolute atomic E-state index is 0.621. The van der Waals surface area contributed by atoms with Gasteiger partial charge in [0.1, 0.15) is 25.5 Å². The minimum Gasteiger partial charge on any atom is -0.497 e. The van der Waals surface area contributed by atoms with E-state index in [1.807, 2.05) is 12.1 Å². The first kappa shape index (κ1) is 17.5. The second-order valence-electron chi connectivity index (χ2n) is 6.70. The largest absolute Gasteiger partial charge is 0.497 e. The number of nitrogens with one attached hydrogen (secondary N) is 1. The first-order valence-corrected chi connectivity index (χ1v) is 9.83. The Hall–Kier alpha value is -1.92. The minimum atomic E-state index is 0.621. The van der Waals surface area contributed by atoms with Crippen LogP contribution >= 0.6 is 15.9 Å². The van der Waals surface area contributed by atoms with Crippen molar-refractivity contribution >= 4 is 21.6 Å². The van der Waals surface area contributed by atoms with Crippen molar-refractivity contribution in [2.75, 3.05) is 51.4 Å². The van der Waals surface area contributed by atoms with Crippen LogP contribution in [0.25, 0.3) is 0 Å². The summed E-state index contributed by atoms with van der Waals surface area (Å²) in [6.45, 7) is 6.55. The van der Waals surface area contributed by atoms with Gasteiger partial charge in [0, 0.05) is 21.8 Å². The summed E-state index contributed by atoms with van der Waals surface area (Å²) in [5, 5.41) is 0. The SMILES string of the molecule is COc1cccc(N2CC[NH+](Cc3cc4c(cc3Br)OCCO4)CC2)c1. The van der Waals surface area contributed by atoms with E-state index >= 15 is 0 Å². The molecule has 0 bridgehead atoms. The number of benzene rings is 2. The summed E-state index contributed by atoms with van der Waals surface area (Å²) in [5.41, 5.74) is 2.52. The highest BCUT2D eigenvalue weighted by Gasteiger charge is 2.23. The van der Waals surface area contributed by atoms with Gasteiger partial charge in [0.25, 0.3) is 0 Å². The molecule has 0 radical (unpaired) electrons. The third-order valence-corrected chi connectivity index (χ3v) is 5.78. The Morgan fingerprint density at radius 3 is 2.54 bits per heavy atom. The second-order valence-corrected chi connectivity index (χ2v) is 7.56. The molecule has 1 N–H and O–H groups in total. The van der Waals surface area contributed by atoms with Crippen LogP contribution in [-0.2, 0) is 6.54 Å². The Labute approximate surface area is 162 Å². The van der Waals surface area contributed by atoms with E-state index in [1.165, 1.54) is 11.3 Å². The highest BCUT2D eigenvalue weighted by Crippen LogP contribution is 2.35. The van der Waals surface area contributed by atoms with Crippen LogP contribution in [0.2, 0.25) is 0 Å². The van der Waals surface area contributed by atoms with Crippen LogP contribution < -0.4 is 24.0 Å². The lowest BCUT2D eigenvalue weighted by molar-refractivity contribution is -0.914. The molecule has 138 valence electrons. The molecule has 0 saturated carbocycles. The first-order valence-electron chi connectivity index (χ1n) is 9.03. The van der Waals surface area contributed by atoms with E-state index in [0.717, 1.165) is 54.4 Å². The van der Waals surface area contributed by atoms with Crippen molar-refractivity contribution < 1.29 is 19.1 Å². The summed E-state index contributed by atoms with van der Waals surface area (Å²) in [5.74, 6) is 2.62. The van der Waals surface area contributed by atoms with E-state index < -0.39 is 0 Å².